The molecule has 2 aromatic carbocycles. The molecule has 2 aromatic rings. The summed E-state index contributed by atoms with van der Waals surface area (Å²) in [5.41, 5.74) is 1.18. The highest BCUT2D eigenvalue weighted by Crippen LogP contribution is 2.15. The Morgan fingerprint density at radius 3 is 2.25 bits per heavy atom. The van der Waals surface area contributed by atoms with Crippen LogP contribution in [-0.4, -0.2) is 42.1 Å². The first kappa shape index (κ1) is 16.4. The predicted octanol–water partition coefficient (Wildman–Crippen LogP) is 2.66. The van der Waals surface area contributed by atoms with Crippen LogP contribution in [0.5, 0.6) is 0 Å². The van der Waals surface area contributed by atoms with Gasteiger partial charge in [-0.2, -0.15) is 0 Å². The summed E-state index contributed by atoms with van der Waals surface area (Å²) in [6, 6.07) is 16.1. The van der Waals surface area contributed by atoms with E-state index in [9.17, 15) is 9.18 Å². The first-order valence-electron chi connectivity index (χ1n) is 7.80. The highest BCUT2D eigenvalue weighted by Gasteiger charge is 2.21. The maximum absolute atomic E-state index is 13.6. The molecule has 0 atom stereocenters. The van der Waals surface area contributed by atoms with Crippen molar-refractivity contribution in [3.05, 3.63) is 66.0 Å². The Morgan fingerprint density at radius 2 is 1.58 bits per heavy atom. The lowest BCUT2D eigenvalue weighted by atomic mass is 10.2. The van der Waals surface area contributed by atoms with Gasteiger partial charge in [0.2, 0.25) is 0 Å². The van der Waals surface area contributed by atoms with Crippen molar-refractivity contribution in [2.24, 2.45) is 0 Å². The lowest BCUT2D eigenvalue weighted by molar-refractivity contribution is 0.0969. The molecular weight excluding hydrogens is 325 g/mol. The Kier molecular flexibility index (Phi) is 5.05. The predicted molar refractivity (Wildman–Crippen MR) is 96.7 cm³/mol. The standard InChI is InChI=1S/C18H18FN3OS/c19-16-9-5-4-8-15(16)17(23)20-18(24)22-12-10-21(11-13-22)14-6-2-1-3-7-14/h1-9H,10-13H2,(H,20,23,24). The molecule has 24 heavy (non-hydrogen) atoms. The summed E-state index contributed by atoms with van der Waals surface area (Å²) in [5.74, 6) is -1.06. The van der Waals surface area contributed by atoms with Crippen LogP contribution in [0.15, 0.2) is 54.6 Å². The molecule has 1 aliphatic heterocycles. The molecule has 0 aliphatic carbocycles. The highest BCUT2D eigenvalue weighted by molar-refractivity contribution is 7.80. The Bertz CT molecular complexity index is 730. The summed E-state index contributed by atoms with van der Waals surface area (Å²) in [4.78, 5) is 16.3. The third kappa shape index (κ3) is 3.71. The number of rotatable bonds is 2. The van der Waals surface area contributed by atoms with Crippen LogP contribution in [0.2, 0.25) is 0 Å². The van der Waals surface area contributed by atoms with E-state index in [1.807, 2.05) is 23.1 Å². The second kappa shape index (κ2) is 7.40. The van der Waals surface area contributed by atoms with Gasteiger partial charge < -0.3 is 9.80 Å². The minimum atomic E-state index is -0.549. The quantitative estimate of drug-likeness (QED) is 0.851. The summed E-state index contributed by atoms with van der Waals surface area (Å²) in [6.07, 6.45) is 0. The maximum atomic E-state index is 13.6. The number of amides is 1. The molecule has 0 spiro atoms. The van der Waals surface area contributed by atoms with Crippen molar-refractivity contribution >= 4 is 28.9 Å². The molecule has 3 rings (SSSR count). The largest absolute Gasteiger partial charge is 0.368 e. The number of carbonyl (C=O) groups excluding carboxylic acids is 1. The van der Waals surface area contributed by atoms with Crippen LogP contribution in [0, 0.1) is 5.82 Å². The molecular formula is C18H18FN3OS. The van der Waals surface area contributed by atoms with Gasteiger partial charge in [0.05, 0.1) is 5.56 Å². The van der Waals surface area contributed by atoms with E-state index in [1.165, 1.54) is 17.8 Å². The molecule has 1 aliphatic rings. The lowest BCUT2D eigenvalue weighted by Gasteiger charge is -2.37. The van der Waals surface area contributed by atoms with Crippen LogP contribution >= 0.6 is 12.2 Å². The lowest BCUT2D eigenvalue weighted by Crippen LogP contribution is -2.52. The van der Waals surface area contributed by atoms with Crippen molar-refractivity contribution in [2.45, 2.75) is 0 Å². The summed E-state index contributed by atoms with van der Waals surface area (Å²) >= 11 is 5.30. The monoisotopic (exact) mass is 343 g/mol. The van der Waals surface area contributed by atoms with Gasteiger partial charge in [-0.1, -0.05) is 30.3 Å². The van der Waals surface area contributed by atoms with Crippen molar-refractivity contribution in [3.63, 3.8) is 0 Å². The van der Waals surface area contributed by atoms with Crippen molar-refractivity contribution < 1.29 is 9.18 Å². The molecule has 0 bridgehead atoms. The normalized spacial score (nSPS) is 14.4. The average molecular weight is 343 g/mol. The van der Waals surface area contributed by atoms with Gasteiger partial charge in [0, 0.05) is 31.9 Å². The van der Waals surface area contributed by atoms with Crippen LogP contribution < -0.4 is 10.2 Å². The number of halogens is 1. The van der Waals surface area contributed by atoms with E-state index in [-0.39, 0.29) is 5.56 Å². The molecule has 4 nitrogen and oxygen atoms in total. The minimum absolute atomic E-state index is 0.00257. The van der Waals surface area contributed by atoms with Crippen molar-refractivity contribution in [2.75, 3.05) is 31.1 Å². The molecule has 0 aromatic heterocycles. The molecule has 1 fully saturated rings. The fourth-order valence-electron chi connectivity index (χ4n) is 2.70. The van der Waals surface area contributed by atoms with Gasteiger partial charge in [-0.05, 0) is 36.5 Å². The van der Waals surface area contributed by atoms with E-state index >= 15 is 0 Å². The summed E-state index contributed by atoms with van der Waals surface area (Å²) in [7, 11) is 0. The smallest absolute Gasteiger partial charge is 0.260 e. The maximum Gasteiger partial charge on any atom is 0.260 e. The molecule has 1 heterocycles. The topological polar surface area (TPSA) is 35.6 Å². The molecule has 0 radical (unpaired) electrons. The number of thiocarbonyl (C=S) groups is 1. The first-order valence-corrected chi connectivity index (χ1v) is 8.21. The molecule has 1 N–H and O–H groups in total. The average Bonchev–Trinajstić information content (AvgIpc) is 2.63. The van der Waals surface area contributed by atoms with Crippen LogP contribution in [0.4, 0.5) is 10.1 Å². The zero-order valence-corrected chi connectivity index (χ0v) is 13.9. The fraction of sp³-hybridized carbons (Fsp3) is 0.222. The Balaban J connectivity index is 1.56. The number of hydrogen-bond acceptors (Lipinski definition) is 3. The Hall–Kier alpha value is -2.47. The first-order chi connectivity index (χ1) is 11.6. The molecule has 124 valence electrons. The molecule has 0 unspecified atom stereocenters. The van der Waals surface area contributed by atoms with Crippen LogP contribution in [0.25, 0.3) is 0 Å². The van der Waals surface area contributed by atoms with E-state index in [0.29, 0.717) is 18.2 Å². The van der Waals surface area contributed by atoms with E-state index in [1.54, 1.807) is 12.1 Å². The van der Waals surface area contributed by atoms with Gasteiger partial charge in [-0.25, -0.2) is 4.39 Å². The van der Waals surface area contributed by atoms with Crippen LogP contribution in [-0.2, 0) is 0 Å². The number of benzene rings is 2. The number of nitrogens with one attached hydrogen (secondary N) is 1. The second-order valence-electron chi connectivity index (χ2n) is 5.55. The zero-order valence-electron chi connectivity index (χ0n) is 13.1. The van der Waals surface area contributed by atoms with Crippen molar-refractivity contribution in [3.8, 4) is 0 Å². The Labute approximate surface area is 145 Å². The fourth-order valence-corrected chi connectivity index (χ4v) is 2.97. The highest BCUT2D eigenvalue weighted by atomic mass is 32.1. The van der Waals surface area contributed by atoms with Crippen molar-refractivity contribution in [1.82, 2.24) is 10.2 Å². The molecule has 1 amide bonds. The molecule has 0 saturated carbocycles. The second-order valence-corrected chi connectivity index (χ2v) is 5.94. The molecule has 1 saturated heterocycles. The third-order valence-corrected chi connectivity index (χ3v) is 4.39. The molecule has 6 heteroatoms. The van der Waals surface area contributed by atoms with E-state index < -0.39 is 11.7 Å². The number of piperazine rings is 1. The Morgan fingerprint density at radius 1 is 0.958 bits per heavy atom. The van der Waals surface area contributed by atoms with E-state index in [0.717, 1.165) is 13.1 Å². The summed E-state index contributed by atoms with van der Waals surface area (Å²) in [5, 5.41) is 2.96. The number of carbonyl (C=O) groups is 1. The number of nitrogens with zero attached hydrogens (tertiary/aromatic N) is 2. The SMILES string of the molecule is O=C(NC(=S)N1CCN(c2ccccc2)CC1)c1ccccc1F. The zero-order chi connectivity index (χ0) is 16.9. The van der Waals surface area contributed by atoms with Gasteiger partial charge >= 0.3 is 0 Å². The summed E-state index contributed by atoms with van der Waals surface area (Å²) in [6.45, 7) is 3.07. The summed E-state index contributed by atoms with van der Waals surface area (Å²) < 4.78 is 13.6. The van der Waals surface area contributed by atoms with Gasteiger partial charge in [0.15, 0.2) is 5.11 Å². The van der Waals surface area contributed by atoms with Gasteiger partial charge in [0.1, 0.15) is 5.82 Å². The number of anilines is 1. The van der Waals surface area contributed by atoms with Crippen molar-refractivity contribution in [1.29, 1.82) is 0 Å². The van der Waals surface area contributed by atoms with E-state index in [2.05, 4.69) is 22.3 Å². The van der Waals surface area contributed by atoms with Gasteiger partial charge in [-0.3, -0.25) is 10.1 Å². The van der Waals surface area contributed by atoms with E-state index in [4.69, 9.17) is 12.2 Å². The number of hydrogen-bond donors (Lipinski definition) is 1. The van der Waals surface area contributed by atoms with Crippen LogP contribution in [0.3, 0.4) is 0 Å². The van der Waals surface area contributed by atoms with Gasteiger partial charge in [-0.15, -0.1) is 0 Å². The van der Waals surface area contributed by atoms with Crippen LogP contribution in [0.1, 0.15) is 10.4 Å². The minimum Gasteiger partial charge on any atom is -0.368 e. The van der Waals surface area contributed by atoms with Gasteiger partial charge in [0.25, 0.3) is 5.91 Å². The number of para-hydroxylation sites is 1. The third-order valence-electron chi connectivity index (χ3n) is 4.03.